The van der Waals surface area contributed by atoms with Crippen LogP contribution in [0.5, 0.6) is 5.75 Å². The summed E-state index contributed by atoms with van der Waals surface area (Å²) in [6.45, 7) is 0. The van der Waals surface area contributed by atoms with Gasteiger partial charge in [-0.15, -0.1) is 0 Å². The molecule has 31 heavy (non-hydrogen) atoms. The Labute approximate surface area is 187 Å². The van der Waals surface area contributed by atoms with E-state index in [-0.39, 0.29) is 0 Å². The third kappa shape index (κ3) is 2.85. The van der Waals surface area contributed by atoms with Gasteiger partial charge >= 0.3 is 0 Å². The van der Waals surface area contributed by atoms with Crippen molar-refractivity contribution in [3.63, 3.8) is 0 Å². The maximum Gasteiger partial charge on any atom is 0.220 e. The Kier molecular flexibility index (Phi) is 4.11. The second kappa shape index (κ2) is 7.00. The molecule has 4 aromatic carbocycles. The molecule has 0 saturated heterocycles. The van der Waals surface area contributed by atoms with Gasteiger partial charge in [0.1, 0.15) is 5.75 Å². The van der Waals surface area contributed by atoms with Gasteiger partial charge in [-0.05, 0) is 47.9 Å². The third-order valence-corrected chi connectivity index (χ3v) is 6.26. The summed E-state index contributed by atoms with van der Waals surface area (Å²) in [5.74, 6) is 1.71. The molecule has 0 fully saturated rings. The van der Waals surface area contributed by atoms with Crippen LogP contribution < -0.4 is 4.74 Å². The van der Waals surface area contributed by atoms with Gasteiger partial charge in [0.25, 0.3) is 0 Å². The Morgan fingerprint density at radius 3 is 2.39 bits per heavy atom. The minimum atomic E-state index is 0.830. The zero-order chi connectivity index (χ0) is 20.9. The molecule has 5 heteroatoms. The zero-order valence-corrected chi connectivity index (χ0v) is 18.4. The predicted molar refractivity (Wildman–Crippen MR) is 129 cm³/mol. The highest BCUT2D eigenvalue weighted by Crippen LogP contribution is 2.33. The number of hydrogen-bond acceptors (Lipinski definition) is 2. The van der Waals surface area contributed by atoms with Gasteiger partial charge in [0.15, 0.2) is 0 Å². The second-order valence-electron chi connectivity index (χ2n) is 7.49. The molecule has 6 rings (SSSR count). The smallest absolute Gasteiger partial charge is 0.220 e. The van der Waals surface area contributed by atoms with E-state index in [4.69, 9.17) is 9.72 Å². The van der Waals surface area contributed by atoms with Gasteiger partial charge in [-0.3, -0.25) is 8.97 Å². The molecule has 0 aliphatic heterocycles. The van der Waals surface area contributed by atoms with E-state index >= 15 is 0 Å². The molecule has 0 spiro atoms. The van der Waals surface area contributed by atoms with Crippen LogP contribution in [0.1, 0.15) is 0 Å². The van der Waals surface area contributed by atoms with Crippen LogP contribution in [-0.2, 0) is 0 Å². The van der Waals surface area contributed by atoms with Crippen molar-refractivity contribution in [2.24, 2.45) is 0 Å². The van der Waals surface area contributed by atoms with Crippen molar-refractivity contribution in [1.29, 1.82) is 0 Å². The van der Waals surface area contributed by atoms with Gasteiger partial charge in [0, 0.05) is 27.3 Å². The van der Waals surface area contributed by atoms with Gasteiger partial charge < -0.3 is 4.74 Å². The highest BCUT2D eigenvalue weighted by Gasteiger charge is 2.18. The number of fused-ring (bicyclic) bond motifs is 5. The van der Waals surface area contributed by atoms with E-state index < -0.39 is 0 Å². The number of rotatable bonds is 3. The number of hydrogen-bond donors (Lipinski definition) is 0. The lowest BCUT2D eigenvalue weighted by Gasteiger charge is -2.10. The van der Waals surface area contributed by atoms with E-state index in [0.717, 1.165) is 49.4 Å². The highest BCUT2D eigenvalue weighted by atomic mass is 79.9. The average molecular weight is 468 g/mol. The summed E-state index contributed by atoms with van der Waals surface area (Å²) >= 11 is 3.54. The highest BCUT2D eigenvalue weighted by molar-refractivity contribution is 9.10. The van der Waals surface area contributed by atoms with E-state index in [9.17, 15) is 0 Å². The summed E-state index contributed by atoms with van der Waals surface area (Å²) in [6.07, 6.45) is 2.17. The maximum absolute atomic E-state index is 5.36. The molecule has 0 atom stereocenters. The molecule has 150 valence electrons. The monoisotopic (exact) mass is 467 g/mol. The normalized spacial score (nSPS) is 11.5. The first-order chi connectivity index (χ1) is 15.2. The van der Waals surface area contributed by atoms with Gasteiger partial charge in [-0.2, -0.15) is 0 Å². The lowest BCUT2D eigenvalue weighted by Crippen LogP contribution is -1.98. The summed E-state index contributed by atoms with van der Waals surface area (Å²) in [5.41, 5.74) is 5.35. The van der Waals surface area contributed by atoms with Gasteiger partial charge in [-0.1, -0.05) is 58.4 Å². The van der Waals surface area contributed by atoms with Crippen molar-refractivity contribution in [3.8, 4) is 22.7 Å². The van der Waals surface area contributed by atoms with Crippen molar-refractivity contribution < 1.29 is 4.74 Å². The van der Waals surface area contributed by atoms with Gasteiger partial charge in [-0.25, -0.2) is 4.98 Å². The van der Waals surface area contributed by atoms with Gasteiger partial charge in [0.2, 0.25) is 5.78 Å². The summed E-state index contributed by atoms with van der Waals surface area (Å²) in [5, 5.41) is 2.36. The predicted octanol–water partition coefficient (Wildman–Crippen LogP) is 6.87. The molecule has 0 bridgehead atoms. The first-order valence-electron chi connectivity index (χ1n) is 10.0. The zero-order valence-electron chi connectivity index (χ0n) is 16.8. The largest absolute Gasteiger partial charge is 0.497 e. The number of aromatic nitrogens is 3. The molecule has 0 saturated carbocycles. The first kappa shape index (κ1) is 18.2. The van der Waals surface area contributed by atoms with Crippen LogP contribution in [0.2, 0.25) is 0 Å². The molecule has 0 aliphatic carbocycles. The molecule has 0 amide bonds. The second-order valence-corrected chi connectivity index (χ2v) is 8.41. The van der Waals surface area contributed by atoms with E-state index in [2.05, 4.69) is 104 Å². The number of halogens is 1. The molecular weight excluding hydrogens is 450 g/mol. The molecule has 6 aromatic rings. The van der Waals surface area contributed by atoms with Crippen LogP contribution in [0, 0.1) is 0 Å². The minimum Gasteiger partial charge on any atom is -0.497 e. The summed E-state index contributed by atoms with van der Waals surface area (Å²) in [7, 11) is 1.68. The number of nitrogens with zero attached hydrogens (tertiary/aromatic N) is 3. The Morgan fingerprint density at radius 2 is 1.61 bits per heavy atom. The molecule has 0 radical (unpaired) electrons. The van der Waals surface area contributed by atoms with Crippen LogP contribution in [0.15, 0.2) is 95.6 Å². The summed E-state index contributed by atoms with van der Waals surface area (Å²) in [6, 6.07) is 29.2. The summed E-state index contributed by atoms with van der Waals surface area (Å²) < 4.78 is 10.8. The fourth-order valence-electron chi connectivity index (χ4n) is 4.20. The number of benzene rings is 4. The Bertz CT molecular complexity index is 1560. The lowest BCUT2D eigenvalue weighted by atomic mass is 10.1. The minimum absolute atomic E-state index is 0.830. The van der Waals surface area contributed by atoms with Crippen molar-refractivity contribution in [2.45, 2.75) is 0 Å². The third-order valence-electron chi connectivity index (χ3n) is 5.73. The molecule has 2 heterocycles. The van der Waals surface area contributed by atoms with E-state index in [0.29, 0.717) is 0 Å². The fraction of sp³-hybridized carbons (Fsp3) is 0.0385. The lowest BCUT2D eigenvalue weighted by molar-refractivity contribution is 0.415. The quantitative estimate of drug-likeness (QED) is 0.284. The SMILES string of the molecule is COc1ccc(-n2c(-c3ccc(Br)cc3)cn3c4ccc5ccccc5c4nc23)cc1. The number of methoxy groups -OCH3 is 1. The molecule has 0 N–H and O–H groups in total. The van der Waals surface area contributed by atoms with E-state index in [1.807, 2.05) is 12.1 Å². The molecular formula is C26H18BrN3O. The Hall–Kier alpha value is -3.57. The molecule has 2 aromatic heterocycles. The Morgan fingerprint density at radius 1 is 0.839 bits per heavy atom. The van der Waals surface area contributed by atoms with Crippen molar-refractivity contribution in [2.75, 3.05) is 7.11 Å². The topological polar surface area (TPSA) is 31.5 Å². The van der Waals surface area contributed by atoms with Gasteiger partial charge in [0.05, 0.1) is 23.8 Å². The fourth-order valence-corrected chi connectivity index (χ4v) is 4.46. The van der Waals surface area contributed by atoms with Crippen LogP contribution in [0.4, 0.5) is 0 Å². The van der Waals surface area contributed by atoms with Crippen molar-refractivity contribution >= 4 is 43.5 Å². The van der Waals surface area contributed by atoms with Crippen LogP contribution in [0.3, 0.4) is 0 Å². The van der Waals surface area contributed by atoms with Crippen molar-refractivity contribution in [3.05, 3.63) is 95.6 Å². The number of imidazole rings is 2. The first-order valence-corrected chi connectivity index (χ1v) is 10.8. The molecule has 0 unspecified atom stereocenters. The van der Waals surface area contributed by atoms with Crippen LogP contribution >= 0.6 is 15.9 Å². The van der Waals surface area contributed by atoms with Crippen LogP contribution in [0.25, 0.3) is 44.5 Å². The standard InChI is InChI=1S/C26H18BrN3O/c1-31-21-13-11-20(12-14-21)30-24(18-6-9-19(27)10-7-18)16-29-23-15-8-17-4-2-3-5-22(17)25(23)28-26(29)30/h2-16H,1H3. The maximum atomic E-state index is 5.36. The van der Waals surface area contributed by atoms with Crippen LogP contribution in [-0.4, -0.2) is 21.1 Å². The molecule has 4 nitrogen and oxygen atoms in total. The van der Waals surface area contributed by atoms with Crippen molar-refractivity contribution in [1.82, 2.24) is 14.0 Å². The number of ether oxygens (including phenoxy) is 1. The summed E-state index contributed by atoms with van der Waals surface area (Å²) in [4.78, 5) is 5.11. The van der Waals surface area contributed by atoms with E-state index in [1.54, 1.807) is 7.11 Å². The molecule has 0 aliphatic rings. The Balaban J connectivity index is 1.70. The average Bonchev–Trinajstić information content (AvgIpc) is 3.36. The van der Waals surface area contributed by atoms with E-state index in [1.165, 1.54) is 5.39 Å².